The highest BCUT2D eigenvalue weighted by molar-refractivity contribution is 7.97. The van der Waals surface area contributed by atoms with Crippen LogP contribution in [0.2, 0.25) is 0 Å². The molecule has 2 saturated carbocycles. The van der Waals surface area contributed by atoms with Gasteiger partial charge in [-0.15, -0.1) is 0 Å². The fourth-order valence-corrected chi connectivity index (χ4v) is 5.95. The van der Waals surface area contributed by atoms with Crippen molar-refractivity contribution < 1.29 is 4.84 Å². The van der Waals surface area contributed by atoms with E-state index in [1.807, 2.05) is 11.9 Å². The maximum atomic E-state index is 5.82. The van der Waals surface area contributed by atoms with Crippen LogP contribution in [0.5, 0.6) is 0 Å². The zero-order valence-corrected chi connectivity index (χ0v) is 8.99. The molecule has 2 nitrogen and oxygen atoms in total. The molecule has 0 radical (unpaired) electrons. The molecule has 4 rings (SSSR count). The topological polar surface area (TPSA) is 15.5 Å². The minimum absolute atomic E-state index is 0.198. The van der Waals surface area contributed by atoms with Gasteiger partial charge in [-0.25, -0.2) is 0 Å². The molecule has 2 heterocycles. The minimum atomic E-state index is 0.198. The summed E-state index contributed by atoms with van der Waals surface area (Å²) in [6.45, 7) is 4.93. The SMILES string of the molecule is CC1(C)[C@H]2CC[C@]13CSN1O[C@]13C2. The third-order valence-electron chi connectivity index (χ3n) is 5.37. The highest BCUT2D eigenvalue weighted by atomic mass is 32.2. The van der Waals surface area contributed by atoms with Crippen LogP contribution in [-0.2, 0) is 4.84 Å². The molecule has 0 N–H and O–H groups in total. The smallest absolute Gasteiger partial charge is 0.184 e. The Morgan fingerprint density at radius 2 is 2.31 bits per heavy atom. The average molecular weight is 197 g/mol. The molecular formula is C10H15NOS. The van der Waals surface area contributed by atoms with E-state index in [-0.39, 0.29) is 5.72 Å². The van der Waals surface area contributed by atoms with E-state index in [1.165, 1.54) is 25.0 Å². The molecule has 2 bridgehead atoms. The van der Waals surface area contributed by atoms with E-state index in [0.717, 1.165) is 5.92 Å². The van der Waals surface area contributed by atoms with Crippen LogP contribution in [0.4, 0.5) is 0 Å². The van der Waals surface area contributed by atoms with Crippen LogP contribution in [0.3, 0.4) is 0 Å². The third kappa shape index (κ3) is 0.512. The normalized spacial score (nSPS) is 65.1. The average Bonchev–Trinajstić information content (AvgIpc) is 2.53. The summed E-state index contributed by atoms with van der Waals surface area (Å²) in [5, 5.41) is 0. The molecule has 4 atom stereocenters. The zero-order chi connectivity index (χ0) is 8.90. The van der Waals surface area contributed by atoms with Crippen LogP contribution in [0.15, 0.2) is 0 Å². The van der Waals surface area contributed by atoms with Gasteiger partial charge in [-0.3, -0.25) is 4.84 Å². The highest BCUT2D eigenvalue weighted by Gasteiger charge is 2.84. The molecule has 0 amide bonds. The molecule has 2 aliphatic carbocycles. The van der Waals surface area contributed by atoms with Gasteiger partial charge in [0, 0.05) is 11.2 Å². The Labute approximate surface area is 83.1 Å². The van der Waals surface area contributed by atoms with Gasteiger partial charge in [-0.05, 0) is 42.5 Å². The molecule has 0 aromatic carbocycles. The number of nitrogens with zero attached hydrogens (tertiary/aromatic N) is 1. The molecule has 2 saturated heterocycles. The lowest BCUT2D eigenvalue weighted by atomic mass is 9.68. The second-order valence-electron chi connectivity index (χ2n) is 5.65. The largest absolute Gasteiger partial charge is 0.259 e. The summed E-state index contributed by atoms with van der Waals surface area (Å²) in [4.78, 5) is 5.82. The van der Waals surface area contributed by atoms with Crippen molar-refractivity contribution in [2.45, 2.75) is 38.8 Å². The molecule has 1 unspecified atom stereocenters. The predicted molar refractivity (Wildman–Crippen MR) is 51.7 cm³/mol. The van der Waals surface area contributed by atoms with Crippen molar-refractivity contribution in [2.75, 3.05) is 5.75 Å². The maximum absolute atomic E-state index is 5.82. The summed E-state index contributed by atoms with van der Waals surface area (Å²) in [6.07, 6.45) is 4.13. The molecule has 72 valence electrons. The van der Waals surface area contributed by atoms with Crippen molar-refractivity contribution in [1.29, 1.82) is 0 Å². The summed E-state index contributed by atoms with van der Waals surface area (Å²) in [7, 11) is 0. The summed E-state index contributed by atoms with van der Waals surface area (Å²) >= 11 is 1.92. The zero-order valence-electron chi connectivity index (χ0n) is 8.17. The standard InChI is InChI=1S/C10H15NOS/c1-8(2)7-3-4-9(8)6-13-11-10(9,5-7)12-11/h7H,3-6H2,1-2H3/t7-,9-,10-,11?/m0/s1. The van der Waals surface area contributed by atoms with Crippen molar-refractivity contribution in [3.05, 3.63) is 0 Å². The third-order valence-corrected chi connectivity index (χ3v) is 6.59. The Hall–Kier alpha value is 0.270. The van der Waals surface area contributed by atoms with Crippen molar-refractivity contribution in [3.63, 3.8) is 0 Å². The van der Waals surface area contributed by atoms with Crippen molar-refractivity contribution in [3.8, 4) is 0 Å². The first kappa shape index (κ1) is 7.55. The van der Waals surface area contributed by atoms with Gasteiger partial charge < -0.3 is 0 Å². The predicted octanol–water partition coefficient (Wildman–Crippen LogP) is 2.42. The quantitative estimate of drug-likeness (QED) is 0.438. The van der Waals surface area contributed by atoms with E-state index >= 15 is 0 Å². The van der Waals surface area contributed by atoms with Gasteiger partial charge in [-0.1, -0.05) is 18.3 Å². The summed E-state index contributed by atoms with van der Waals surface area (Å²) < 4.78 is 2.19. The Morgan fingerprint density at radius 3 is 2.92 bits per heavy atom. The van der Waals surface area contributed by atoms with E-state index in [4.69, 9.17) is 4.84 Å². The minimum Gasteiger partial charge on any atom is -0.259 e. The Morgan fingerprint density at radius 1 is 1.46 bits per heavy atom. The molecule has 13 heavy (non-hydrogen) atoms. The number of fused-ring (bicyclic) bond motifs is 1. The number of hydrogen-bond acceptors (Lipinski definition) is 3. The number of hydrogen-bond donors (Lipinski definition) is 0. The van der Waals surface area contributed by atoms with E-state index in [1.54, 1.807) is 0 Å². The van der Waals surface area contributed by atoms with Gasteiger partial charge in [-0.2, -0.15) is 0 Å². The second kappa shape index (κ2) is 1.70. The maximum Gasteiger partial charge on any atom is 0.184 e. The second-order valence-corrected chi connectivity index (χ2v) is 6.53. The van der Waals surface area contributed by atoms with Crippen LogP contribution in [0, 0.1) is 16.7 Å². The molecule has 2 aliphatic heterocycles. The van der Waals surface area contributed by atoms with Crippen LogP contribution in [0.25, 0.3) is 0 Å². The monoisotopic (exact) mass is 197 g/mol. The summed E-state index contributed by atoms with van der Waals surface area (Å²) in [5.74, 6) is 2.22. The van der Waals surface area contributed by atoms with Gasteiger partial charge in [0.25, 0.3) is 0 Å². The lowest BCUT2D eigenvalue weighted by Gasteiger charge is -2.36. The molecule has 0 aromatic heterocycles. The van der Waals surface area contributed by atoms with Gasteiger partial charge in [0.2, 0.25) is 0 Å². The fourth-order valence-electron chi connectivity index (χ4n) is 4.24. The fraction of sp³-hybridized carbons (Fsp3) is 1.00. The van der Waals surface area contributed by atoms with Crippen molar-refractivity contribution in [1.82, 2.24) is 4.47 Å². The first-order valence-electron chi connectivity index (χ1n) is 5.25. The summed E-state index contributed by atoms with van der Waals surface area (Å²) in [6, 6.07) is 0. The molecule has 4 fully saturated rings. The van der Waals surface area contributed by atoms with E-state index in [9.17, 15) is 0 Å². The molecule has 4 aliphatic rings. The first-order chi connectivity index (χ1) is 6.12. The van der Waals surface area contributed by atoms with Crippen molar-refractivity contribution >= 4 is 11.9 Å². The molecule has 2 spiro atoms. The van der Waals surface area contributed by atoms with Crippen LogP contribution in [-0.4, -0.2) is 15.9 Å². The van der Waals surface area contributed by atoms with Gasteiger partial charge >= 0.3 is 0 Å². The van der Waals surface area contributed by atoms with Gasteiger partial charge in [0.1, 0.15) is 0 Å². The van der Waals surface area contributed by atoms with Crippen LogP contribution in [0.1, 0.15) is 33.1 Å². The van der Waals surface area contributed by atoms with Gasteiger partial charge in [0.15, 0.2) is 5.72 Å². The summed E-state index contributed by atoms with van der Waals surface area (Å²) in [5.41, 5.74) is 1.21. The lowest BCUT2D eigenvalue weighted by molar-refractivity contribution is 0.0749. The Bertz CT molecular complexity index is 297. The highest BCUT2D eigenvalue weighted by Crippen LogP contribution is 2.81. The molecule has 0 aromatic rings. The van der Waals surface area contributed by atoms with Crippen LogP contribution >= 0.6 is 11.9 Å². The Kier molecular flexibility index (Phi) is 0.987. The van der Waals surface area contributed by atoms with E-state index in [0.29, 0.717) is 10.8 Å². The Balaban J connectivity index is 1.95. The first-order valence-corrected chi connectivity index (χ1v) is 6.19. The molecular weight excluding hydrogens is 182 g/mol. The van der Waals surface area contributed by atoms with Gasteiger partial charge in [0.05, 0.1) is 0 Å². The van der Waals surface area contributed by atoms with Crippen LogP contribution < -0.4 is 0 Å². The van der Waals surface area contributed by atoms with E-state index in [2.05, 4.69) is 18.3 Å². The number of hydroxylamine groups is 1. The number of rotatable bonds is 0. The lowest BCUT2D eigenvalue weighted by Crippen LogP contribution is -2.41. The van der Waals surface area contributed by atoms with E-state index < -0.39 is 0 Å². The molecule has 3 heteroatoms. The van der Waals surface area contributed by atoms with Crippen molar-refractivity contribution in [2.24, 2.45) is 16.7 Å².